The van der Waals surface area contributed by atoms with E-state index in [1.807, 2.05) is 0 Å². The first-order valence-electron chi connectivity index (χ1n) is 4.52. The summed E-state index contributed by atoms with van der Waals surface area (Å²) in [6.45, 7) is 0. The van der Waals surface area contributed by atoms with E-state index in [1.165, 1.54) is 12.1 Å². The summed E-state index contributed by atoms with van der Waals surface area (Å²) in [5, 5.41) is 19.5. The van der Waals surface area contributed by atoms with Crippen LogP contribution in [0, 0.1) is 10.1 Å². The monoisotopic (exact) mass is 269 g/mol. The standard InChI is InChI=1S/C9H4ClN3O5/c10-4-2-1-3-7(14)6(13(17)18)5(9(15)16)12-8(3)11-4/h1-2H,(H,15,16)(H,11,12,14). The van der Waals surface area contributed by atoms with Crippen LogP contribution in [0.15, 0.2) is 16.9 Å². The van der Waals surface area contributed by atoms with Crippen molar-refractivity contribution >= 4 is 34.3 Å². The van der Waals surface area contributed by atoms with Crippen molar-refractivity contribution in [3.05, 3.63) is 43.3 Å². The fourth-order valence-corrected chi connectivity index (χ4v) is 1.61. The molecule has 0 radical (unpaired) electrons. The van der Waals surface area contributed by atoms with Gasteiger partial charge in [0.05, 0.1) is 10.3 Å². The third-order valence-corrected chi connectivity index (χ3v) is 2.41. The molecule has 0 aliphatic carbocycles. The highest BCUT2D eigenvalue weighted by atomic mass is 35.5. The summed E-state index contributed by atoms with van der Waals surface area (Å²) < 4.78 is 0. The Bertz CT molecular complexity index is 739. The quantitative estimate of drug-likeness (QED) is 0.479. The van der Waals surface area contributed by atoms with Crippen LogP contribution in [0.4, 0.5) is 5.69 Å². The number of aromatic carboxylic acids is 1. The zero-order chi connectivity index (χ0) is 13.4. The van der Waals surface area contributed by atoms with Gasteiger partial charge in [-0.1, -0.05) is 11.6 Å². The van der Waals surface area contributed by atoms with Gasteiger partial charge in [0.2, 0.25) is 5.69 Å². The van der Waals surface area contributed by atoms with Crippen LogP contribution in [-0.4, -0.2) is 26.0 Å². The summed E-state index contributed by atoms with van der Waals surface area (Å²) in [7, 11) is 0. The van der Waals surface area contributed by atoms with E-state index >= 15 is 0 Å². The number of hydrogen-bond donors (Lipinski definition) is 2. The smallest absolute Gasteiger partial charge is 0.359 e. The molecule has 0 unspecified atom stereocenters. The maximum absolute atomic E-state index is 11.8. The first-order chi connectivity index (χ1) is 8.41. The molecule has 0 amide bonds. The first-order valence-corrected chi connectivity index (χ1v) is 4.90. The largest absolute Gasteiger partial charge is 0.476 e. The summed E-state index contributed by atoms with van der Waals surface area (Å²) in [5.41, 5.74) is -2.99. The van der Waals surface area contributed by atoms with E-state index in [4.69, 9.17) is 16.7 Å². The summed E-state index contributed by atoms with van der Waals surface area (Å²) in [5.74, 6) is -1.62. The van der Waals surface area contributed by atoms with E-state index in [1.54, 1.807) is 0 Å². The van der Waals surface area contributed by atoms with E-state index in [2.05, 4.69) is 9.97 Å². The van der Waals surface area contributed by atoms with Crippen molar-refractivity contribution in [1.29, 1.82) is 0 Å². The maximum Gasteiger partial charge on any atom is 0.359 e. The molecule has 0 fully saturated rings. The lowest BCUT2D eigenvalue weighted by molar-refractivity contribution is -0.386. The van der Waals surface area contributed by atoms with Crippen molar-refractivity contribution < 1.29 is 14.8 Å². The summed E-state index contributed by atoms with van der Waals surface area (Å²) in [6.07, 6.45) is 0. The first kappa shape index (κ1) is 12.0. The molecule has 0 bridgehead atoms. The molecule has 2 aromatic heterocycles. The van der Waals surface area contributed by atoms with Gasteiger partial charge >= 0.3 is 11.7 Å². The summed E-state index contributed by atoms with van der Waals surface area (Å²) >= 11 is 5.59. The van der Waals surface area contributed by atoms with Crippen LogP contribution < -0.4 is 5.43 Å². The molecule has 0 saturated heterocycles. The second kappa shape index (κ2) is 4.08. The molecule has 2 N–H and O–H groups in total. The van der Waals surface area contributed by atoms with Crippen LogP contribution in [-0.2, 0) is 0 Å². The number of nitro groups is 1. The maximum atomic E-state index is 11.8. The van der Waals surface area contributed by atoms with Gasteiger partial charge in [-0.2, -0.15) is 0 Å². The predicted octanol–water partition coefficient (Wildman–Crippen LogP) is 1.18. The van der Waals surface area contributed by atoms with Gasteiger partial charge in [0.25, 0.3) is 5.43 Å². The molecule has 0 aromatic carbocycles. The second-order valence-corrected chi connectivity index (χ2v) is 3.66. The fourth-order valence-electron chi connectivity index (χ4n) is 1.46. The third kappa shape index (κ3) is 1.78. The zero-order valence-electron chi connectivity index (χ0n) is 8.51. The van der Waals surface area contributed by atoms with Gasteiger partial charge < -0.3 is 10.1 Å². The van der Waals surface area contributed by atoms with Crippen molar-refractivity contribution in [1.82, 2.24) is 9.97 Å². The zero-order valence-corrected chi connectivity index (χ0v) is 9.26. The minimum absolute atomic E-state index is 0.0309. The molecule has 8 nitrogen and oxygen atoms in total. The van der Waals surface area contributed by atoms with Crippen LogP contribution >= 0.6 is 11.6 Å². The number of halogens is 1. The Balaban J connectivity index is 2.99. The number of carboxylic acids is 1. The molecule has 9 heteroatoms. The van der Waals surface area contributed by atoms with Gasteiger partial charge in [-0.05, 0) is 12.1 Å². The highest BCUT2D eigenvalue weighted by Gasteiger charge is 2.27. The number of H-pyrrole nitrogens is 1. The van der Waals surface area contributed by atoms with Gasteiger partial charge in [-0.3, -0.25) is 14.9 Å². The van der Waals surface area contributed by atoms with E-state index in [9.17, 15) is 19.7 Å². The van der Waals surface area contributed by atoms with Gasteiger partial charge in [-0.25, -0.2) is 9.78 Å². The van der Waals surface area contributed by atoms with Crippen molar-refractivity contribution in [3.8, 4) is 0 Å². The van der Waals surface area contributed by atoms with Crippen LogP contribution in [0.5, 0.6) is 0 Å². The average molecular weight is 270 g/mol. The molecular weight excluding hydrogens is 266 g/mol. The molecule has 0 aliphatic rings. The molecule has 2 heterocycles. The van der Waals surface area contributed by atoms with Crippen molar-refractivity contribution in [2.75, 3.05) is 0 Å². The van der Waals surface area contributed by atoms with Crippen molar-refractivity contribution in [2.24, 2.45) is 0 Å². The number of fused-ring (bicyclic) bond motifs is 1. The van der Waals surface area contributed by atoms with Crippen molar-refractivity contribution in [2.45, 2.75) is 0 Å². The van der Waals surface area contributed by atoms with Crippen LogP contribution in [0.3, 0.4) is 0 Å². The highest BCUT2D eigenvalue weighted by Crippen LogP contribution is 2.17. The van der Waals surface area contributed by atoms with E-state index in [0.29, 0.717) is 0 Å². The lowest BCUT2D eigenvalue weighted by Gasteiger charge is -2.01. The molecule has 92 valence electrons. The van der Waals surface area contributed by atoms with E-state index in [-0.39, 0.29) is 16.2 Å². The minimum atomic E-state index is -1.62. The number of hydrogen-bond acceptors (Lipinski definition) is 5. The topological polar surface area (TPSA) is 126 Å². The summed E-state index contributed by atoms with van der Waals surface area (Å²) in [6, 6.07) is 2.52. The predicted molar refractivity (Wildman–Crippen MR) is 61.0 cm³/mol. The van der Waals surface area contributed by atoms with Crippen molar-refractivity contribution in [3.63, 3.8) is 0 Å². The Labute approximate surface area is 103 Å². The number of carbonyl (C=O) groups is 1. The highest BCUT2D eigenvalue weighted by molar-refractivity contribution is 6.29. The van der Waals surface area contributed by atoms with Gasteiger partial charge in [0, 0.05) is 0 Å². The number of nitrogens with one attached hydrogen (secondary N) is 1. The molecule has 2 aromatic rings. The molecular formula is C9H4ClN3O5. The Morgan fingerprint density at radius 3 is 2.72 bits per heavy atom. The number of aromatic amines is 1. The Morgan fingerprint density at radius 1 is 1.50 bits per heavy atom. The molecule has 0 saturated carbocycles. The summed E-state index contributed by atoms with van der Waals surface area (Å²) in [4.78, 5) is 38.3. The lowest BCUT2D eigenvalue weighted by Crippen LogP contribution is -2.17. The Kier molecular flexibility index (Phi) is 2.71. The van der Waals surface area contributed by atoms with Gasteiger partial charge in [-0.15, -0.1) is 0 Å². The Morgan fingerprint density at radius 2 is 2.17 bits per heavy atom. The molecule has 0 atom stereocenters. The van der Waals surface area contributed by atoms with Crippen LogP contribution in [0.2, 0.25) is 5.15 Å². The number of nitrogens with zero attached hydrogens (tertiary/aromatic N) is 2. The molecule has 0 aliphatic heterocycles. The fraction of sp³-hybridized carbons (Fsp3) is 0. The molecule has 18 heavy (non-hydrogen) atoms. The van der Waals surface area contributed by atoms with E-state index in [0.717, 1.165) is 0 Å². The van der Waals surface area contributed by atoms with Gasteiger partial charge in [0.15, 0.2) is 0 Å². The van der Waals surface area contributed by atoms with E-state index < -0.39 is 27.7 Å². The Hall–Kier alpha value is -2.48. The molecule has 0 spiro atoms. The number of carboxylic acid groups (broad SMARTS) is 1. The van der Waals surface area contributed by atoms with Crippen LogP contribution in [0.1, 0.15) is 10.5 Å². The third-order valence-electron chi connectivity index (χ3n) is 2.20. The number of aromatic nitrogens is 2. The second-order valence-electron chi connectivity index (χ2n) is 3.27. The molecule has 2 rings (SSSR count). The average Bonchev–Trinajstić information content (AvgIpc) is 2.27. The van der Waals surface area contributed by atoms with Gasteiger partial charge in [0.1, 0.15) is 10.8 Å². The SMILES string of the molecule is O=C(O)c1[nH]c2nc(Cl)ccc2c(=O)c1[N+](=O)[O-]. The normalized spacial score (nSPS) is 10.5. The lowest BCUT2D eigenvalue weighted by atomic mass is 10.2. The minimum Gasteiger partial charge on any atom is -0.476 e. The number of rotatable bonds is 2. The number of pyridine rings is 2. The van der Waals surface area contributed by atoms with Crippen LogP contribution in [0.25, 0.3) is 11.0 Å².